The maximum Gasteiger partial charge on any atom is 0.275 e. The van der Waals surface area contributed by atoms with Gasteiger partial charge in [-0.15, -0.1) is 0 Å². The molecule has 1 aliphatic rings. The largest absolute Gasteiger partial charge is 0.497 e. The van der Waals surface area contributed by atoms with Gasteiger partial charge in [0.2, 0.25) is 0 Å². The number of halogens is 2. The third kappa shape index (κ3) is 2.44. The number of ether oxygens (including phenoxy) is 3. The van der Waals surface area contributed by atoms with Gasteiger partial charge >= 0.3 is 0 Å². The van der Waals surface area contributed by atoms with Gasteiger partial charge in [-0.2, -0.15) is 5.26 Å². The summed E-state index contributed by atoms with van der Waals surface area (Å²) in [5.41, 5.74) is -0.122. The third-order valence-electron chi connectivity index (χ3n) is 3.50. The van der Waals surface area contributed by atoms with Crippen LogP contribution in [0, 0.1) is 11.3 Å². The van der Waals surface area contributed by atoms with E-state index in [1.54, 1.807) is 30.3 Å². The fourth-order valence-electron chi connectivity index (χ4n) is 2.33. The highest BCUT2D eigenvalue weighted by atomic mass is 19.2. The van der Waals surface area contributed by atoms with Crippen molar-refractivity contribution < 1.29 is 23.0 Å². The summed E-state index contributed by atoms with van der Waals surface area (Å²) in [4.78, 5) is 0. The zero-order valence-electron chi connectivity index (χ0n) is 12.4. The SMILES string of the molecule is COC1=C(c2ccc(OC)cc2)C(F)(OC)C(F)C(C#N)=C1. The van der Waals surface area contributed by atoms with Crippen molar-refractivity contribution >= 4 is 5.57 Å². The first-order valence-corrected chi connectivity index (χ1v) is 6.44. The second-order valence-corrected chi connectivity index (χ2v) is 4.60. The zero-order valence-corrected chi connectivity index (χ0v) is 12.4. The zero-order chi connectivity index (χ0) is 16.3. The first-order chi connectivity index (χ1) is 10.5. The number of rotatable bonds is 4. The molecule has 4 nitrogen and oxygen atoms in total. The minimum Gasteiger partial charge on any atom is -0.497 e. The van der Waals surface area contributed by atoms with Gasteiger partial charge in [0.1, 0.15) is 11.5 Å². The molecular formula is C16H15F2NO3. The number of allylic oxidation sites excluding steroid dienone is 1. The lowest BCUT2D eigenvalue weighted by Gasteiger charge is -2.33. The molecule has 0 heterocycles. The van der Waals surface area contributed by atoms with Gasteiger partial charge in [0.25, 0.3) is 5.85 Å². The fraction of sp³-hybridized carbons (Fsp3) is 0.312. The number of hydrogen-bond donors (Lipinski definition) is 0. The molecule has 0 N–H and O–H groups in total. The summed E-state index contributed by atoms with van der Waals surface area (Å²) in [6.45, 7) is 0. The van der Waals surface area contributed by atoms with E-state index in [4.69, 9.17) is 19.5 Å². The number of nitrogens with zero attached hydrogens (tertiary/aromatic N) is 1. The topological polar surface area (TPSA) is 51.5 Å². The van der Waals surface area contributed by atoms with Crippen LogP contribution in [-0.4, -0.2) is 33.4 Å². The smallest absolute Gasteiger partial charge is 0.275 e. The molecule has 0 fully saturated rings. The van der Waals surface area contributed by atoms with Gasteiger partial charge in [-0.25, -0.2) is 8.78 Å². The Kier molecular flexibility index (Phi) is 4.48. The molecule has 0 amide bonds. The maximum absolute atomic E-state index is 15.1. The van der Waals surface area contributed by atoms with Crippen LogP contribution in [0.1, 0.15) is 5.56 Å². The maximum atomic E-state index is 15.1. The van der Waals surface area contributed by atoms with E-state index in [9.17, 15) is 4.39 Å². The number of benzene rings is 1. The summed E-state index contributed by atoms with van der Waals surface area (Å²) in [5, 5.41) is 8.95. The van der Waals surface area contributed by atoms with Crippen molar-refractivity contribution in [3.8, 4) is 11.8 Å². The number of hydrogen-bond acceptors (Lipinski definition) is 4. The van der Waals surface area contributed by atoms with E-state index in [0.717, 1.165) is 7.11 Å². The van der Waals surface area contributed by atoms with Gasteiger partial charge in [0.15, 0.2) is 6.17 Å². The van der Waals surface area contributed by atoms with Crippen LogP contribution in [0.4, 0.5) is 8.78 Å². The van der Waals surface area contributed by atoms with Crippen molar-refractivity contribution in [3.63, 3.8) is 0 Å². The molecular weight excluding hydrogens is 292 g/mol. The second kappa shape index (κ2) is 6.16. The molecule has 0 bridgehead atoms. The Morgan fingerprint density at radius 1 is 1.14 bits per heavy atom. The van der Waals surface area contributed by atoms with Crippen LogP contribution in [0.25, 0.3) is 5.57 Å². The van der Waals surface area contributed by atoms with E-state index >= 15 is 4.39 Å². The first-order valence-electron chi connectivity index (χ1n) is 6.44. The highest BCUT2D eigenvalue weighted by molar-refractivity contribution is 5.78. The summed E-state index contributed by atoms with van der Waals surface area (Å²) in [5.74, 6) is -2.19. The van der Waals surface area contributed by atoms with Crippen LogP contribution in [-0.2, 0) is 9.47 Å². The minimum absolute atomic E-state index is 0.0416. The molecule has 22 heavy (non-hydrogen) atoms. The van der Waals surface area contributed by atoms with Crippen molar-refractivity contribution in [2.24, 2.45) is 0 Å². The standard InChI is InChI=1S/C16H15F2NO3/c1-20-12-6-4-10(5-7-12)14-13(21-2)8-11(9-19)15(17)16(14,18)22-3/h4-8,15H,1-3H3. The summed E-state index contributed by atoms with van der Waals surface area (Å²) in [6.07, 6.45) is -1.06. The van der Waals surface area contributed by atoms with E-state index in [-0.39, 0.29) is 11.3 Å². The Bertz CT molecular complexity index is 661. The van der Waals surface area contributed by atoms with E-state index in [1.165, 1.54) is 20.3 Å². The van der Waals surface area contributed by atoms with Crippen LogP contribution in [0.15, 0.2) is 41.7 Å². The highest BCUT2D eigenvalue weighted by Crippen LogP contribution is 2.45. The molecule has 1 aromatic rings. The molecule has 2 rings (SSSR count). The van der Waals surface area contributed by atoms with E-state index < -0.39 is 17.6 Å². The van der Waals surface area contributed by atoms with Crippen molar-refractivity contribution in [2.45, 2.75) is 12.0 Å². The average molecular weight is 307 g/mol. The molecule has 0 aromatic heterocycles. The summed E-state index contributed by atoms with van der Waals surface area (Å²) in [6, 6.07) is 7.99. The highest BCUT2D eigenvalue weighted by Gasteiger charge is 2.51. The Balaban J connectivity index is 2.67. The molecule has 0 saturated carbocycles. The molecule has 6 heteroatoms. The van der Waals surface area contributed by atoms with Gasteiger partial charge in [-0.3, -0.25) is 0 Å². The summed E-state index contributed by atoms with van der Waals surface area (Å²) >= 11 is 0. The molecule has 1 aliphatic carbocycles. The molecule has 2 unspecified atom stereocenters. The normalized spacial score (nSPS) is 24.5. The van der Waals surface area contributed by atoms with Gasteiger partial charge < -0.3 is 14.2 Å². The molecule has 0 spiro atoms. The van der Waals surface area contributed by atoms with Gasteiger partial charge in [0.05, 0.1) is 31.4 Å². The van der Waals surface area contributed by atoms with Gasteiger partial charge in [0, 0.05) is 7.11 Å². The molecule has 0 saturated heterocycles. The van der Waals surface area contributed by atoms with Gasteiger partial charge in [-0.1, -0.05) is 12.1 Å². The quantitative estimate of drug-likeness (QED) is 0.857. The minimum atomic E-state index is -2.81. The molecule has 2 atom stereocenters. The third-order valence-corrected chi connectivity index (χ3v) is 3.50. The number of nitriles is 1. The van der Waals surface area contributed by atoms with Crippen molar-refractivity contribution in [1.29, 1.82) is 5.26 Å². The van der Waals surface area contributed by atoms with E-state index in [0.29, 0.717) is 11.3 Å². The fourth-order valence-corrected chi connectivity index (χ4v) is 2.33. The number of alkyl halides is 2. The lowest BCUT2D eigenvalue weighted by atomic mass is 9.86. The predicted molar refractivity (Wildman–Crippen MR) is 76.4 cm³/mol. The van der Waals surface area contributed by atoms with Crippen LogP contribution in [0.5, 0.6) is 5.75 Å². The van der Waals surface area contributed by atoms with Crippen LogP contribution in [0.3, 0.4) is 0 Å². The van der Waals surface area contributed by atoms with Crippen LogP contribution < -0.4 is 4.74 Å². The van der Waals surface area contributed by atoms with Crippen molar-refractivity contribution in [1.82, 2.24) is 0 Å². The van der Waals surface area contributed by atoms with Crippen molar-refractivity contribution in [3.05, 3.63) is 47.2 Å². The average Bonchev–Trinajstić information content (AvgIpc) is 2.57. The summed E-state index contributed by atoms with van der Waals surface area (Å²) in [7, 11) is 3.87. The lowest BCUT2D eigenvalue weighted by Crippen LogP contribution is -2.42. The van der Waals surface area contributed by atoms with Crippen LogP contribution >= 0.6 is 0 Å². The van der Waals surface area contributed by atoms with Gasteiger partial charge in [-0.05, 0) is 23.8 Å². The summed E-state index contributed by atoms with van der Waals surface area (Å²) < 4.78 is 44.5. The lowest BCUT2D eigenvalue weighted by molar-refractivity contribution is -0.112. The molecule has 116 valence electrons. The van der Waals surface area contributed by atoms with Crippen molar-refractivity contribution in [2.75, 3.05) is 21.3 Å². The van der Waals surface area contributed by atoms with E-state index in [2.05, 4.69) is 0 Å². The number of methoxy groups -OCH3 is 3. The molecule has 1 aromatic carbocycles. The van der Waals surface area contributed by atoms with Crippen LogP contribution in [0.2, 0.25) is 0 Å². The Morgan fingerprint density at radius 2 is 1.77 bits per heavy atom. The van der Waals surface area contributed by atoms with E-state index in [1.807, 2.05) is 0 Å². The molecule has 0 radical (unpaired) electrons. The monoisotopic (exact) mass is 307 g/mol. The second-order valence-electron chi connectivity index (χ2n) is 4.60. The Labute approximate surface area is 127 Å². The molecule has 0 aliphatic heterocycles. The Hall–Kier alpha value is -2.39. The first kappa shape index (κ1) is 16.0. The predicted octanol–water partition coefficient (Wildman–Crippen LogP) is 3.17. The Morgan fingerprint density at radius 3 is 2.23 bits per heavy atom.